The second-order valence-electron chi connectivity index (χ2n) is 31.4. The van der Waals surface area contributed by atoms with Gasteiger partial charge in [0.25, 0.3) is 0 Å². The summed E-state index contributed by atoms with van der Waals surface area (Å²) in [4.78, 5) is 44.1. The van der Waals surface area contributed by atoms with Crippen molar-refractivity contribution in [2.45, 2.75) is 239 Å². The molecule has 23 atom stereocenters. The number of ether oxygens (including phenoxy) is 19. The summed E-state index contributed by atoms with van der Waals surface area (Å²) in [5.41, 5.74) is 7.30. The van der Waals surface area contributed by atoms with Crippen LogP contribution in [0.5, 0.6) is 0 Å². The number of carbonyl (C=O) groups is 3. The second kappa shape index (κ2) is 47.4. The molecule has 9 aromatic carbocycles. The molecule has 9 aromatic rings. The van der Waals surface area contributed by atoms with Gasteiger partial charge in [0.05, 0.1) is 76.8 Å². The predicted octanol–water partition coefficient (Wildman–Crippen LogP) is 15.6. The van der Waals surface area contributed by atoms with Crippen molar-refractivity contribution >= 4 is 52.8 Å². The lowest BCUT2D eigenvalue weighted by atomic mass is 9.95. The summed E-state index contributed by atoms with van der Waals surface area (Å²) < 4.78 is 131. The van der Waals surface area contributed by atoms with Gasteiger partial charge in [-0.1, -0.05) is 308 Å². The van der Waals surface area contributed by atoms with Crippen LogP contribution < -0.4 is 10.6 Å². The van der Waals surface area contributed by atoms with Crippen molar-refractivity contribution in [3.05, 3.63) is 323 Å². The smallest absolute Gasteiger partial charge is 0.407 e. The Hall–Kier alpha value is -8.62. The van der Waals surface area contributed by atoms with Crippen LogP contribution in [0.3, 0.4) is 0 Å². The quantitative estimate of drug-likeness (QED) is 0.0267. The molecule has 125 heavy (non-hydrogen) atoms. The maximum absolute atomic E-state index is 15.2. The molecule has 13 rings (SSSR count). The molecule has 24 nitrogen and oxygen atoms in total. The number of benzene rings is 9. The molecule has 0 saturated carbocycles. The van der Waals surface area contributed by atoms with Crippen LogP contribution in [0.2, 0.25) is 0 Å². The number of alkyl carbamates (subject to hydrolysis) is 1. The Balaban J connectivity index is 0.889. The van der Waals surface area contributed by atoms with Gasteiger partial charge in [0, 0.05) is 20.6 Å². The molecule has 0 radical (unpaired) electrons. The lowest BCUT2D eigenvalue weighted by molar-refractivity contribution is -0.401. The average molecular weight is 1780 g/mol. The van der Waals surface area contributed by atoms with Crippen LogP contribution in [0.1, 0.15) is 84.7 Å². The lowest BCUT2D eigenvalue weighted by Gasteiger charge is -2.52. The Bertz CT molecular complexity index is 4640. The number of nitrogens with one attached hydrogen (secondary N) is 2. The molecule has 4 heterocycles. The number of halogens is 3. The van der Waals surface area contributed by atoms with E-state index in [1.807, 2.05) is 246 Å². The Morgan fingerprint density at radius 1 is 0.328 bits per heavy atom. The normalized spacial score (nSPS) is 27.1. The van der Waals surface area contributed by atoms with Gasteiger partial charge in [0.2, 0.25) is 9.70 Å². The van der Waals surface area contributed by atoms with E-state index in [1.165, 1.54) is 0 Å². The van der Waals surface area contributed by atoms with Crippen LogP contribution in [0, 0.1) is 0 Å². The Morgan fingerprint density at radius 2 is 0.616 bits per heavy atom. The van der Waals surface area contributed by atoms with E-state index in [1.54, 1.807) is 75.7 Å². The van der Waals surface area contributed by atoms with E-state index in [2.05, 4.69) is 10.6 Å². The number of carbonyl (C=O) groups excluding carboxylic acids is 3. The van der Waals surface area contributed by atoms with E-state index in [9.17, 15) is 4.79 Å². The molecule has 0 unspecified atom stereocenters. The van der Waals surface area contributed by atoms with Crippen molar-refractivity contribution in [1.82, 2.24) is 10.6 Å². The lowest BCUT2D eigenvalue weighted by Crippen LogP contribution is -2.68. The summed E-state index contributed by atoms with van der Waals surface area (Å²) in [6.45, 7) is 8.89. The largest absolute Gasteiger partial charge is 0.459 e. The van der Waals surface area contributed by atoms with Gasteiger partial charge >= 0.3 is 12.1 Å². The highest BCUT2D eigenvalue weighted by Crippen LogP contribution is 2.41. The van der Waals surface area contributed by atoms with Gasteiger partial charge in [-0.2, -0.15) is 0 Å². The van der Waals surface area contributed by atoms with E-state index in [0.717, 1.165) is 38.9 Å². The fourth-order valence-electron chi connectivity index (χ4n) is 15.7. The summed E-state index contributed by atoms with van der Waals surface area (Å²) in [6, 6.07) is 83.0. The molecule has 0 spiro atoms. The van der Waals surface area contributed by atoms with Gasteiger partial charge in [0.15, 0.2) is 31.2 Å². The molecular formula is C98H111Cl3N2O22. The monoisotopic (exact) mass is 1770 g/mol. The Kier molecular flexibility index (Phi) is 35.7. The molecule has 4 saturated heterocycles. The number of hydrogen-bond acceptors (Lipinski definition) is 22. The van der Waals surface area contributed by atoms with Crippen molar-refractivity contribution in [3.8, 4) is 0 Å². The summed E-state index contributed by atoms with van der Waals surface area (Å²) >= 11 is 18.1. The highest BCUT2D eigenvalue weighted by molar-refractivity contribution is 6.67. The number of alkyl halides is 3. The summed E-state index contributed by atoms with van der Waals surface area (Å²) in [5.74, 6) is -1.76. The first-order chi connectivity index (χ1) is 60.8. The minimum atomic E-state index is -1.99. The molecule has 666 valence electrons. The summed E-state index contributed by atoms with van der Waals surface area (Å²) in [7, 11) is 3.19. The summed E-state index contributed by atoms with van der Waals surface area (Å²) in [6.07, 6.45) is -23.5. The molecule has 0 bridgehead atoms. The van der Waals surface area contributed by atoms with Crippen LogP contribution in [0.25, 0.3) is 0 Å². The van der Waals surface area contributed by atoms with E-state index in [0.29, 0.717) is 11.1 Å². The van der Waals surface area contributed by atoms with Crippen molar-refractivity contribution in [3.63, 3.8) is 0 Å². The van der Waals surface area contributed by atoms with Gasteiger partial charge in [0.1, 0.15) is 92.5 Å². The third-order valence-electron chi connectivity index (χ3n) is 22.2. The SMILES string of the molecule is CO[C@@H]1[C@H](O[C@@H]2[C@@H](OCc3ccccc3)[C@H](C)O[C@@H](O[C@H]3[C@H](O[C@H](C)[C@@H](NC(=O)[C@@H](Cc4ccccc4)NC(=O)OCC(Cl)(Cl)Cl)C(=O)OCc4ccccc4)O[C@@H](C)[C@@H](OCc4ccccc4)[C@H]3OCc3ccccc3)[C@@H]2OCc2ccccc2)O[C@@H](C)[C@@H](O[C@@H]2O[C@@H](C)[C@H](OC)[C@@H](OCc3ccccc3)[C@H]2OCc2ccccc2)[C@H]1OCc1ccccc1. The number of methoxy groups -OCH3 is 2. The number of esters is 1. The fraction of sp³-hybridized carbons (Fsp3) is 0.418. The first-order valence-electron chi connectivity index (χ1n) is 42.2. The molecule has 0 aliphatic carbocycles. The Labute approximate surface area is 746 Å². The highest BCUT2D eigenvalue weighted by atomic mass is 35.6. The maximum atomic E-state index is 15.2. The zero-order valence-electron chi connectivity index (χ0n) is 70.9. The molecule has 2 N–H and O–H groups in total. The predicted molar refractivity (Wildman–Crippen MR) is 466 cm³/mol. The minimum absolute atomic E-state index is 0.0182. The van der Waals surface area contributed by atoms with Crippen LogP contribution in [-0.2, 0) is 159 Å². The van der Waals surface area contributed by atoms with Gasteiger partial charge < -0.3 is 101 Å². The van der Waals surface area contributed by atoms with Crippen molar-refractivity contribution in [2.24, 2.45) is 0 Å². The maximum Gasteiger partial charge on any atom is 0.407 e. The van der Waals surface area contributed by atoms with Crippen molar-refractivity contribution in [1.29, 1.82) is 0 Å². The number of rotatable bonds is 41. The fourth-order valence-corrected chi connectivity index (χ4v) is 15.9. The van der Waals surface area contributed by atoms with Gasteiger partial charge in [-0.05, 0) is 84.7 Å². The van der Waals surface area contributed by atoms with Gasteiger partial charge in [-0.15, -0.1) is 0 Å². The molecule has 2 amide bonds. The third-order valence-corrected chi connectivity index (χ3v) is 22.5. The van der Waals surface area contributed by atoms with Crippen molar-refractivity contribution in [2.75, 3.05) is 20.8 Å². The minimum Gasteiger partial charge on any atom is -0.459 e. The van der Waals surface area contributed by atoms with Gasteiger partial charge in [-0.3, -0.25) is 4.79 Å². The highest BCUT2D eigenvalue weighted by Gasteiger charge is 2.58. The van der Waals surface area contributed by atoms with E-state index < -0.39 is 169 Å². The first kappa shape index (κ1) is 94.0. The third kappa shape index (κ3) is 27.2. The van der Waals surface area contributed by atoms with E-state index in [-0.39, 0.29) is 59.3 Å². The van der Waals surface area contributed by atoms with E-state index in [4.69, 9.17) is 125 Å². The molecule has 0 aromatic heterocycles. The average Bonchev–Trinajstić information content (AvgIpc) is 0.760. The molecule has 4 aliphatic heterocycles. The van der Waals surface area contributed by atoms with Crippen LogP contribution in [0.4, 0.5) is 4.79 Å². The second-order valence-corrected chi connectivity index (χ2v) is 33.9. The van der Waals surface area contributed by atoms with Crippen molar-refractivity contribution < 1.29 is 104 Å². The van der Waals surface area contributed by atoms with Crippen LogP contribution in [0.15, 0.2) is 273 Å². The number of amides is 2. The van der Waals surface area contributed by atoms with Gasteiger partial charge in [-0.25, -0.2) is 9.59 Å². The topological polar surface area (TPSA) is 251 Å². The number of hydrogen-bond donors (Lipinski definition) is 2. The zero-order valence-corrected chi connectivity index (χ0v) is 73.2. The molecule has 4 fully saturated rings. The molecule has 27 heteroatoms. The van der Waals surface area contributed by atoms with E-state index >= 15 is 9.59 Å². The molecule has 4 aliphatic rings. The zero-order chi connectivity index (χ0) is 87.4. The first-order valence-corrected chi connectivity index (χ1v) is 43.4. The summed E-state index contributed by atoms with van der Waals surface area (Å²) in [5, 5.41) is 5.49. The standard InChI is InChI=1S/C98H111Cl3N2O22/c1-63(78(92(105)116-61-76-51-33-16-34-52-76)103-91(104)77(53-68-35-17-8-18-36-68)102-97(106)117-62-98(99,100)101)118-96-90(84(112-57-72-43-25-12-26-44-72)80(65(3)121-96)109-54-69-37-19-9-20-38-69)125-95-89(115-60-75-49-31-15-32-50-75)86(81(66(4)120-95)110-55-70-39-21-10-22-40-70)124-93-87(108-7)85(113-58-73-45-27-13-28-46-73)82(67(5)122-93)123-94-88(114-59-74-47-29-14-30-48-74)83(79(107-6)64(2)119-94)111-56-71-41-23-11-24-42-71/h8-52,63-67,77-90,93-96H,53-62H2,1-7H3,(H,102,106)(H,103,104)/t63-,64+,65+,66+,67+,77-,78-,79+,80-,81+,82-,83-,84-,85-,86-,87+,88-,89-,90-,93+,94+,95+,96-/m1/s1. The molecular weight excluding hydrogens is 1660 g/mol. The van der Waals surface area contributed by atoms with Crippen LogP contribution >= 0.6 is 34.8 Å². The Morgan fingerprint density at radius 3 is 1.00 bits per heavy atom. The van der Waals surface area contributed by atoms with Crippen LogP contribution in [-0.4, -0.2) is 184 Å².